The van der Waals surface area contributed by atoms with Crippen LogP contribution in [0, 0.1) is 13.8 Å². The van der Waals surface area contributed by atoms with Crippen molar-refractivity contribution in [2.75, 3.05) is 26.8 Å². The molecule has 1 unspecified atom stereocenters. The van der Waals surface area contributed by atoms with Crippen molar-refractivity contribution in [2.24, 2.45) is 0 Å². The highest BCUT2D eigenvalue weighted by atomic mass is 16.5. The van der Waals surface area contributed by atoms with Crippen molar-refractivity contribution in [3.05, 3.63) is 34.9 Å². The molecule has 0 spiro atoms. The van der Waals surface area contributed by atoms with E-state index in [-0.39, 0.29) is 12.1 Å². The number of carbonyl (C=O) groups is 1. The Morgan fingerprint density at radius 1 is 1.44 bits per heavy atom. The number of benzene rings is 1. The molecule has 1 aromatic rings. The van der Waals surface area contributed by atoms with Gasteiger partial charge < -0.3 is 9.64 Å². The zero-order valence-electron chi connectivity index (χ0n) is 11.2. The fourth-order valence-corrected chi connectivity index (χ4v) is 2.32. The lowest BCUT2D eigenvalue weighted by molar-refractivity contribution is -0.128. The molecule has 18 heavy (non-hydrogen) atoms. The molecule has 1 fully saturated rings. The summed E-state index contributed by atoms with van der Waals surface area (Å²) in [5.74, 6) is 0.137. The molecule has 1 aliphatic rings. The average molecular weight is 248 g/mol. The molecule has 1 amide bonds. The second-order valence-corrected chi connectivity index (χ2v) is 4.72. The fourth-order valence-electron chi connectivity index (χ4n) is 2.32. The van der Waals surface area contributed by atoms with Gasteiger partial charge in [0.05, 0.1) is 13.2 Å². The van der Waals surface area contributed by atoms with E-state index in [2.05, 4.69) is 37.4 Å². The van der Waals surface area contributed by atoms with Crippen molar-refractivity contribution in [3.8, 4) is 0 Å². The zero-order chi connectivity index (χ0) is 13.1. The first-order valence-corrected chi connectivity index (χ1v) is 6.22. The normalized spacial score (nSPS) is 19.6. The van der Waals surface area contributed by atoms with Crippen molar-refractivity contribution in [1.82, 2.24) is 10.2 Å². The first-order chi connectivity index (χ1) is 8.63. The van der Waals surface area contributed by atoms with Crippen LogP contribution >= 0.6 is 0 Å². The van der Waals surface area contributed by atoms with Gasteiger partial charge in [-0.05, 0) is 25.0 Å². The van der Waals surface area contributed by atoms with Crippen LogP contribution in [0.5, 0.6) is 0 Å². The highest BCUT2D eigenvalue weighted by Crippen LogP contribution is 2.25. The molecule has 2 rings (SSSR count). The van der Waals surface area contributed by atoms with Crippen molar-refractivity contribution in [2.45, 2.75) is 20.0 Å². The third-order valence-electron chi connectivity index (χ3n) is 3.34. The Kier molecular flexibility index (Phi) is 3.99. The molecule has 4 nitrogen and oxygen atoms in total. The number of nitrogens with zero attached hydrogens (tertiary/aromatic N) is 1. The van der Waals surface area contributed by atoms with Gasteiger partial charge in [0.25, 0.3) is 0 Å². The lowest BCUT2D eigenvalue weighted by Gasteiger charge is -2.26. The Hall–Kier alpha value is -1.39. The van der Waals surface area contributed by atoms with E-state index in [1.807, 2.05) is 4.90 Å². The number of amides is 1. The molecule has 0 saturated carbocycles. The Balaban J connectivity index is 2.25. The minimum atomic E-state index is -0.0208. The maximum absolute atomic E-state index is 11.9. The predicted octanol–water partition coefficient (Wildman–Crippen LogP) is 1.38. The molecule has 0 bridgehead atoms. The summed E-state index contributed by atoms with van der Waals surface area (Å²) < 4.78 is 5.07. The van der Waals surface area contributed by atoms with E-state index >= 15 is 0 Å². The van der Waals surface area contributed by atoms with Crippen LogP contribution in [-0.4, -0.2) is 37.6 Å². The standard InChI is InChI=1S/C14H20N2O2/c1-10-4-5-11(2)12(8-10)14-15-9-13(17)16(14)6-7-18-3/h4-5,8,14-15H,6-7,9H2,1-3H3. The Bertz CT molecular complexity index is 445. The summed E-state index contributed by atoms with van der Waals surface area (Å²) in [4.78, 5) is 13.7. The number of ether oxygens (including phenoxy) is 1. The Morgan fingerprint density at radius 3 is 2.94 bits per heavy atom. The molecule has 0 aromatic heterocycles. The van der Waals surface area contributed by atoms with Gasteiger partial charge in [0.2, 0.25) is 5.91 Å². The van der Waals surface area contributed by atoms with Gasteiger partial charge in [-0.15, -0.1) is 0 Å². The van der Waals surface area contributed by atoms with Crippen LogP contribution in [0.3, 0.4) is 0 Å². The topological polar surface area (TPSA) is 41.6 Å². The molecule has 1 heterocycles. The Morgan fingerprint density at radius 2 is 2.22 bits per heavy atom. The highest BCUT2D eigenvalue weighted by Gasteiger charge is 2.31. The average Bonchev–Trinajstić information content (AvgIpc) is 2.71. The van der Waals surface area contributed by atoms with Gasteiger partial charge in [-0.3, -0.25) is 10.1 Å². The third kappa shape index (κ3) is 2.54. The minimum absolute atomic E-state index is 0.0208. The summed E-state index contributed by atoms with van der Waals surface area (Å²) in [6, 6.07) is 6.34. The summed E-state index contributed by atoms with van der Waals surface area (Å²) in [5, 5.41) is 3.27. The molecule has 1 aliphatic heterocycles. The van der Waals surface area contributed by atoms with Crippen LogP contribution in [0.4, 0.5) is 0 Å². The second kappa shape index (κ2) is 5.50. The van der Waals surface area contributed by atoms with Gasteiger partial charge in [-0.2, -0.15) is 0 Å². The lowest BCUT2D eigenvalue weighted by atomic mass is 10.0. The SMILES string of the molecule is COCCN1C(=O)CNC1c1cc(C)ccc1C. The molecule has 1 N–H and O–H groups in total. The number of nitrogens with one attached hydrogen (secondary N) is 1. The largest absolute Gasteiger partial charge is 0.383 e. The Labute approximate surface area is 108 Å². The molecular formula is C14H20N2O2. The predicted molar refractivity (Wildman–Crippen MR) is 70.2 cm³/mol. The van der Waals surface area contributed by atoms with Crippen LogP contribution in [0.2, 0.25) is 0 Å². The first kappa shape index (κ1) is 13.1. The number of carbonyl (C=O) groups excluding carboxylic acids is 1. The zero-order valence-corrected chi connectivity index (χ0v) is 11.2. The molecule has 1 atom stereocenters. The smallest absolute Gasteiger partial charge is 0.238 e. The summed E-state index contributed by atoms with van der Waals surface area (Å²) in [6.07, 6.45) is -0.0208. The summed E-state index contributed by atoms with van der Waals surface area (Å²) in [6.45, 7) is 5.74. The van der Waals surface area contributed by atoms with Gasteiger partial charge in [-0.25, -0.2) is 0 Å². The molecule has 4 heteroatoms. The summed E-state index contributed by atoms with van der Waals surface area (Å²) in [5.41, 5.74) is 3.59. The van der Waals surface area contributed by atoms with E-state index in [0.717, 1.165) is 0 Å². The molecule has 1 saturated heterocycles. The van der Waals surface area contributed by atoms with Gasteiger partial charge in [0.15, 0.2) is 0 Å². The maximum Gasteiger partial charge on any atom is 0.238 e. The number of hydrogen-bond acceptors (Lipinski definition) is 3. The third-order valence-corrected chi connectivity index (χ3v) is 3.34. The molecule has 98 valence electrons. The second-order valence-electron chi connectivity index (χ2n) is 4.72. The molecule has 1 aromatic carbocycles. The first-order valence-electron chi connectivity index (χ1n) is 6.22. The lowest BCUT2D eigenvalue weighted by Crippen LogP contribution is -2.33. The van der Waals surface area contributed by atoms with Crippen LogP contribution in [0.25, 0.3) is 0 Å². The van der Waals surface area contributed by atoms with Crippen LogP contribution in [0.15, 0.2) is 18.2 Å². The van der Waals surface area contributed by atoms with Crippen molar-refractivity contribution in [3.63, 3.8) is 0 Å². The van der Waals surface area contributed by atoms with E-state index in [4.69, 9.17) is 4.74 Å². The maximum atomic E-state index is 11.9. The minimum Gasteiger partial charge on any atom is -0.383 e. The molecule has 0 radical (unpaired) electrons. The molecular weight excluding hydrogens is 228 g/mol. The van der Waals surface area contributed by atoms with E-state index < -0.39 is 0 Å². The highest BCUT2D eigenvalue weighted by molar-refractivity contribution is 5.81. The van der Waals surface area contributed by atoms with Gasteiger partial charge in [0.1, 0.15) is 6.17 Å². The van der Waals surface area contributed by atoms with Crippen LogP contribution in [0.1, 0.15) is 22.9 Å². The van der Waals surface area contributed by atoms with E-state index in [1.54, 1.807) is 7.11 Å². The number of methoxy groups -OCH3 is 1. The monoisotopic (exact) mass is 248 g/mol. The summed E-state index contributed by atoms with van der Waals surface area (Å²) in [7, 11) is 1.65. The number of aryl methyl sites for hydroxylation is 2. The van der Waals surface area contributed by atoms with E-state index in [1.165, 1.54) is 16.7 Å². The van der Waals surface area contributed by atoms with Gasteiger partial charge in [0, 0.05) is 13.7 Å². The van der Waals surface area contributed by atoms with Crippen LogP contribution < -0.4 is 5.32 Å². The van der Waals surface area contributed by atoms with E-state index in [0.29, 0.717) is 19.7 Å². The van der Waals surface area contributed by atoms with Gasteiger partial charge >= 0.3 is 0 Å². The quantitative estimate of drug-likeness (QED) is 0.875. The molecule has 0 aliphatic carbocycles. The number of rotatable bonds is 4. The van der Waals surface area contributed by atoms with Crippen LogP contribution in [-0.2, 0) is 9.53 Å². The number of hydrogen-bond donors (Lipinski definition) is 1. The van der Waals surface area contributed by atoms with Crippen molar-refractivity contribution < 1.29 is 9.53 Å². The summed E-state index contributed by atoms with van der Waals surface area (Å²) >= 11 is 0. The van der Waals surface area contributed by atoms with E-state index in [9.17, 15) is 4.79 Å². The van der Waals surface area contributed by atoms with Crippen molar-refractivity contribution >= 4 is 5.91 Å². The van der Waals surface area contributed by atoms with Crippen molar-refractivity contribution in [1.29, 1.82) is 0 Å². The van der Waals surface area contributed by atoms with Gasteiger partial charge in [-0.1, -0.05) is 23.8 Å². The fraction of sp³-hybridized carbons (Fsp3) is 0.500.